The first-order chi connectivity index (χ1) is 14.2. The standard InChI is InChI=1S/C23H18IN5/c1-16(17-12-14-20(24)15-13-17)26-28-23-25-21(18-8-4-2-5-9-18)22(27-29-23)19-10-6-3-7-11-19/h2-15H,1H3,(H,25,28,29)/b26-16-. The summed E-state index contributed by atoms with van der Waals surface area (Å²) in [4.78, 5) is 4.71. The summed E-state index contributed by atoms with van der Waals surface area (Å²) in [6.07, 6.45) is 0. The van der Waals surface area contributed by atoms with Gasteiger partial charge in [0, 0.05) is 14.7 Å². The number of anilines is 1. The molecule has 0 bridgehead atoms. The molecule has 0 aliphatic rings. The van der Waals surface area contributed by atoms with E-state index in [4.69, 9.17) is 4.98 Å². The molecule has 6 heteroatoms. The normalized spacial score (nSPS) is 11.3. The van der Waals surface area contributed by atoms with Gasteiger partial charge in [-0.25, -0.2) is 10.4 Å². The number of rotatable bonds is 5. The highest BCUT2D eigenvalue weighted by Crippen LogP contribution is 2.28. The van der Waals surface area contributed by atoms with Gasteiger partial charge in [-0.05, 0) is 47.2 Å². The molecule has 0 saturated carbocycles. The fourth-order valence-electron chi connectivity index (χ4n) is 2.85. The number of nitrogens with one attached hydrogen (secondary N) is 1. The summed E-state index contributed by atoms with van der Waals surface area (Å²) < 4.78 is 1.18. The SMILES string of the molecule is C/C(=N/Nc1nnc(-c2ccccc2)c(-c2ccccc2)n1)c1ccc(I)cc1. The minimum atomic E-state index is 0.355. The molecule has 0 radical (unpaired) electrons. The van der Waals surface area contributed by atoms with Gasteiger partial charge in [-0.1, -0.05) is 72.8 Å². The van der Waals surface area contributed by atoms with Crippen LogP contribution in [0, 0.1) is 3.57 Å². The zero-order valence-corrected chi connectivity index (χ0v) is 17.9. The van der Waals surface area contributed by atoms with Crippen LogP contribution in [-0.4, -0.2) is 20.9 Å². The van der Waals surface area contributed by atoms with Gasteiger partial charge in [-0.15, -0.1) is 10.2 Å². The largest absolute Gasteiger partial charge is 0.263 e. The number of nitrogens with zero attached hydrogens (tertiary/aromatic N) is 4. The maximum absolute atomic E-state index is 4.71. The number of hydrogen-bond donors (Lipinski definition) is 1. The third-order valence-electron chi connectivity index (χ3n) is 4.37. The second-order valence-corrected chi connectivity index (χ2v) is 7.63. The van der Waals surface area contributed by atoms with Gasteiger partial charge in [0.15, 0.2) is 0 Å². The van der Waals surface area contributed by atoms with E-state index < -0.39 is 0 Å². The van der Waals surface area contributed by atoms with Crippen LogP contribution < -0.4 is 5.43 Å². The third kappa shape index (κ3) is 4.65. The molecule has 4 rings (SSSR count). The fourth-order valence-corrected chi connectivity index (χ4v) is 3.21. The molecule has 0 aliphatic heterocycles. The number of benzene rings is 3. The minimum Gasteiger partial charge on any atom is -0.244 e. The predicted molar refractivity (Wildman–Crippen MR) is 126 cm³/mol. The van der Waals surface area contributed by atoms with Gasteiger partial charge in [-0.3, -0.25) is 0 Å². The van der Waals surface area contributed by atoms with Crippen molar-refractivity contribution in [3.63, 3.8) is 0 Å². The number of halogens is 1. The molecule has 0 saturated heterocycles. The van der Waals surface area contributed by atoms with E-state index in [1.54, 1.807) is 0 Å². The summed E-state index contributed by atoms with van der Waals surface area (Å²) in [5.74, 6) is 0.355. The van der Waals surface area contributed by atoms with E-state index in [1.807, 2.05) is 79.7 Å². The Morgan fingerprint density at radius 1 is 0.759 bits per heavy atom. The van der Waals surface area contributed by atoms with E-state index in [0.717, 1.165) is 33.8 Å². The van der Waals surface area contributed by atoms with E-state index in [1.165, 1.54) is 3.57 Å². The summed E-state index contributed by atoms with van der Waals surface area (Å²) in [6.45, 7) is 1.94. The Hall–Kier alpha value is -3.13. The van der Waals surface area contributed by atoms with Crippen LogP contribution in [0.2, 0.25) is 0 Å². The Bertz CT molecular complexity index is 1130. The van der Waals surface area contributed by atoms with Crippen LogP contribution >= 0.6 is 22.6 Å². The van der Waals surface area contributed by atoms with Gasteiger partial charge in [0.1, 0.15) is 11.4 Å². The van der Waals surface area contributed by atoms with Crippen molar-refractivity contribution in [3.8, 4) is 22.5 Å². The molecular formula is C23H18IN5. The van der Waals surface area contributed by atoms with Crippen LogP contribution in [0.5, 0.6) is 0 Å². The van der Waals surface area contributed by atoms with Crippen LogP contribution in [0.1, 0.15) is 12.5 Å². The van der Waals surface area contributed by atoms with Gasteiger partial charge in [-0.2, -0.15) is 5.10 Å². The molecular weight excluding hydrogens is 473 g/mol. The highest BCUT2D eigenvalue weighted by atomic mass is 127. The second kappa shape index (κ2) is 8.91. The lowest BCUT2D eigenvalue weighted by atomic mass is 10.0. The summed E-state index contributed by atoms with van der Waals surface area (Å²) >= 11 is 2.28. The Kier molecular flexibility index (Phi) is 5.90. The Morgan fingerprint density at radius 3 is 1.97 bits per heavy atom. The number of aromatic nitrogens is 3. The van der Waals surface area contributed by atoms with Gasteiger partial charge >= 0.3 is 0 Å². The average molecular weight is 491 g/mol. The van der Waals surface area contributed by atoms with Crippen molar-refractivity contribution in [2.45, 2.75) is 6.92 Å². The first kappa shape index (κ1) is 19.2. The summed E-state index contributed by atoms with van der Waals surface area (Å²) in [6, 6.07) is 28.1. The molecule has 1 heterocycles. The van der Waals surface area contributed by atoms with Crippen molar-refractivity contribution in [3.05, 3.63) is 94.1 Å². The highest BCUT2D eigenvalue weighted by molar-refractivity contribution is 14.1. The van der Waals surface area contributed by atoms with Crippen molar-refractivity contribution in [2.24, 2.45) is 5.10 Å². The van der Waals surface area contributed by atoms with E-state index in [-0.39, 0.29) is 0 Å². The van der Waals surface area contributed by atoms with Gasteiger partial charge in [0.25, 0.3) is 5.95 Å². The fraction of sp³-hybridized carbons (Fsp3) is 0.0435. The molecule has 1 N–H and O–H groups in total. The molecule has 0 fully saturated rings. The van der Waals surface area contributed by atoms with E-state index in [2.05, 4.69) is 55.4 Å². The quantitative estimate of drug-likeness (QED) is 0.223. The van der Waals surface area contributed by atoms with E-state index >= 15 is 0 Å². The Balaban J connectivity index is 1.68. The molecule has 0 spiro atoms. The van der Waals surface area contributed by atoms with Crippen LogP contribution in [0.3, 0.4) is 0 Å². The van der Waals surface area contributed by atoms with E-state index in [9.17, 15) is 0 Å². The van der Waals surface area contributed by atoms with Crippen molar-refractivity contribution >= 4 is 34.3 Å². The zero-order chi connectivity index (χ0) is 20.1. The Labute approximate surface area is 183 Å². The lowest BCUT2D eigenvalue weighted by Gasteiger charge is -2.09. The lowest BCUT2D eigenvalue weighted by Crippen LogP contribution is -2.05. The van der Waals surface area contributed by atoms with E-state index in [0.29, 0.717) is 5.95 Å². The molecule has 0 unspecified atom stereocenters. The van der Waals surface area contributed by atoms with Gasteiger partial charge < -0.3 is 0 Å². The van der Waals surface area contributed by atoms with Crippen molar-refractivity contribution in [1.82, 2.24) is 15.2 Å². The van der Waals surface area contributed by atoms with Crippen LogP contribution in [0.15, 0.2) is 90.0 Å². The maximum atomic E-state index is 4.71. The van der Waals surface area contributed by atoms with Gasteiger partial charge in [0.2, 0.25) is 0 Å². The van der Waals surface area contributed by atoms with Crippen LogP contribution in [0.25, 0.3) is 22.5 Å². The molecule has 0 atom stereocenters. The minimum absolute atomic E-state index is 0.355. The summed E-state index contributed by atoms with van der Waals surface area (Å²) in [5.41, 5.74) is 8.27. The number of hydrazone groups is 1. The van der Waals surface area contributed by atoms with Crippen molar-refractivity contribution in [2.75, 3.05) is 5.43 Å². The number of hydrogen-bond acceptors (Lipinski definition) is 5. The first-order valence-corrected chi connectivity index (χ1v) is 10.2. The lowest BCUT2D eigenvalue weighted by molar-refractivity contribution is 0.972. The second-order valence-electron chi connectivity index (χ2n) is 6.38. The van der Waals surface area contributed by atoms with Gasteiger partial charge in [0.05, 0.1) is 5.71 Å². The molecule has 3 aromatic carbocycles. The molecule has 5 nitrogen and oxygen atoms in total. The molecule has 0 amide bonds. The smallest absolute Gasteiger partial charge is 0.244 e. The topological polar surface area (TPSA) is 63.1 Å². The molecule has 29 heavy (non-hydrogen) atoms. The molecule has 1 aromatic heterocycles. The Morgan fingerprint density at radius 2 is 1.34 bits per heavy atom. The monoisotopic (exact) mass is 491 g/mol. The maximum Gasteiger partial charge on any atom is 0.263 e. The predicted octanol–water partition coefficient (Wildman–Crippen LogP) is 5.65. The summed E-state index contributed by atoms with van der Waals surface area (Å²) in [7, 11) is 0. The van der Waals surface area contributed by atoms with Crippen LogP contribution in [-0.2, 0) is 0 Å². The summed E-state index contributed by atoms with van der Waals surface area (Å²) in [5, 5.41) is 13.1. The van der Waals surface area contributed by atoms with Crippen molar-refractivity contribution in [1.29, 1.82) is 0 Å². The third-order valence-corrected chi connectivity index (χ3v) is 5.09. The molecule has 0 aliphatic carbocycles. The van der Waals surface area contributed by atoms with Crippen LogP contribution in [0.4, 0.5) is 5.95 Å². The molecule has 4 aromatic rings. The highest BCUT2D eigenvalue weighted by Gasteiger charge is 2.13. The van der Waals surface area contributed by atoms with Crippen molar-refractivity contribution < 1.29 is 0 Å². The average Bonchev–Trinajstić information content (AvgIpc) is 2.79. The first-order valence-electron chi connectivity index (χ1n) is 9.12. The molecule has 142 valence electrons. The zero-order valence-electron chi connectivity index (χ0n) is 15.7.